The number of hydrogen-bond donors (Lipinski definition) is 2. The van der Waals surface area contributed by atoms with E-state index in [4.69, 9.17) is 5.73 Å². The van der Waals surface area contributed by atoms with Gasteiger partial charge in [-0.05, 0) is 23.3 Å². The van der Waals surface area contributed by atoms with Crippen molar-refractivity contribution >= 4 is 39.5 Å². The fourth-order valence-electron chi connectivity index (χ4n) is 0.714. The van der Waals surface area contributed by atoms with Crippen LogP contribution in [0.1, 0.15) is 0 Å². The van der Waals surface area contributed by atoms with Crippen molar-refractivity contribution in [3.05, 3.63) is 6.33 Å². The predicted octanol–water partition coefficient (Wildman–Crippen LogP) is 2.89. The molecule has 2 aromatic rings. The normalized spacial score (nSPS) is 12.8. The molecule has 3 nitrogen and oxygen atoms in total. The van der Waals surface area contributed by atoms with E-state index in [1.54, 1.807) is 6.33 Å². The zero-order chi connectivity index (χ0) is 6.97. The molecule has 0 fully saturated rings. The summed E-state index contributed by atoms with van der Waals surface area (Å²) in [7, 11) is 3.76. The highest BCUT2D eigenvalue weighted by Crippen LogP contribution is 2.41. The van der Waals surface area contributed by atoms with Crippen molar-refractivity contribution in [2.45, 2.75) is 0 Å². The zero-order valence-electron chi connectivity index (χ0n) is 4.94. The summed E-state index contributed by atoms with van der Waals surface area (Å²) in [6.45, 7) is 0. The summed E-state index contributed by atoms with van der Waals surface area (Å²) in [5, 5.41) is 1.08. The van der Waals surface area contributed by atoms with Crippen LogP contribution in [0.2, 0.25) is 0 Å². The molecule has 3 N–H and O–H groups in total. The summed E-state index contributed by atoms with van der Waals surface area (Å²) in [6, 6.07) is 0. The molecular formula is C4H4N3P3. The molecule has 0 amide bonds. The third-order valence-corrected chi connectivity index (χ3v) is 5.68. The Morgan fingerprint density at radius 3 is 3.20 bits per heavy atom. The van der Waals surface area contributed by atoms with E-state index >= 15 is 0 Å². The first-order chi connectivity index (χ1) is 4.88. The van der Waals surface area contributed by atoms with E-state index < -0.39 is 0 Å². The molecule has 2 aromatic heterocycles. The molecule has 0 atom stereocenters. The molecule has 0 spiro atoms. The van der Waals surface area contributed by atoms with Gasteiger partial charge in [-0.25, -0.2) is 4.98 Å². The van der Waals surface area contributed by atoms with E-state index in [1.807, 2.05) is 0 Å². The summed E-state index contributed by atoms with van der Waals surface area (Å²) < 4.78 is 0. The lowest BCUT2D eigenvalue weighted by molar-refractivity contribution is 1.35. The van der Waals surface area contributed by atoms with Crippen molar-refractivity contribution < 1.29 is 0 Å². The third-order valence-electron chi connectivity index (χ3n) is 1.17. The van der Waals surface area contributed by atoms with Crippen LogP contribution in [0.4, 0.5) is 5.42 Å². The maximum absolute atomic E-state index is 5.71. The minimum absolute atomic E-state index is 0.910. The molecule has 0 aliphatic carbocycles. The molecule has 50 valence electrons. The number of anilines is 1. The number of aromatic amines is 1. The van der Waals surface area contributed by atoms with Crippen molar-refractivity contribution in [2.24, 2.45) is 0 Å². The van der Waals surface area contributed by atoms with Crippen LogP contribution in [-0.2, 0) is 0 Å². The number of aromatic nitrogens is 2. The van der Waals surface area contributed by atoms with Gasteiger partial charge in [-0.3, -0.25) is 0 Å². The summed E-state index contributed by atoms with van der Waals surface area (Å²) in [5.74, 6) is 0. The maximum atomic E-state index is 5.71. The Morgan fingerprint density at radius 2 is 2.40 bits per heavy atom. The Morgan fingerprint density at radius 1 is 1.50 bits per heavy atom. The molecule has 0 bridgehead atoms. The minimum Gasteiger partial charge on any atom is -0.393 e. The molecule has 2 heterocycles. The number of nitrogens with two attached hydrogens (primary N) is 1. The molecule has 0 aliphatic heterocycles. The number of fused-ring (bicyclic) bond motifs is 1. The molecule has 6 heteroatoms. The lowest BCUT2D eigenvalue weighted by Gasteiger charge is -1.88. The summed E-state index contributed by atoms with van der Waals surface area (Å²) >= 11 is 0. The molecule has 10 heavy (non-hydrogen) atoms. The second kappa shape index (κ2) is 2.43. The Kier molecular flexibility index (Phi) is 1.58. The standard InChI is InChI=1S/C4H4N3P3/c5-3-2-4(7-1-6-2)9-10-8-3/h1H,5H2,(H,6,7). The number of nitrogens with zero attached hydrogens (tertiary/aromatic N) is 1. The van der Waals surface area contributed by atoms with Crippen molar-refractivity contribution in [3.8, 4) is 0 Å². The van der Waals surface area contributed by atoms with E-state index in [9.17, 15) is 0 Å². The molecule has 0 saturated carbocycles. The Hall–Kier alpha value is -0.220. The fraction of sp³-hybridized carbons (Fsp3) is 0. The lowest BCUT2D eigenvalue weighted by Crippen LogP contribution is -1.78. The second-order valence-electron chi connectivity index (χ2n) is 1.78. The van der Waals surface area contributed by atoms with Crippen molar-refractivity contribution in [2.75, 3.05) is 5.73 Å². The minimum atomic E-state index is 0.910. The smallest absolute Gasteiger partial charge is 0.122 e. The van der Waals surface area contributed by atoms with Gasteiger partial charge in [0.1, 0.15) is 5.25 Å². The van der Waals surface area contributed by atoms with Crippen LogP contribution >= 0.6 is 23.3 Å². The van der Waals surface area contributed by atoms with Crippen LogP contribution in [0.3, 0.4) is 0 Å². The van der Waals surface area contributed by atoms with Gasteiger partial charge in [0.2, 0.25) is 0 Å². The first-order valence-corrected chi connectivity index (χ1v) is 6.75. The van der Waals surface area contributed by atoms with Gasteiger partial charge in [0, 0.05) is 0 Å². The molecule has 0 aliphatic rings. The third kappa shape index (κ3) is 0.914. The van der Waals surface area contributed by atoms with E-state index in [0.29, 0.717) is 0 Å². The van der Waals surface area contributed by atoms with E-state index in [-0.39, 0.29) is 0 Å². The molecule has 0 radical (unpaired) electrons. The van der Waals surface area contributed by atoms with Gasteiger partial charge >= 0.3 is 0 Å². The van der Waals surface area contributed by atoms with Crippen molar-refractivity contribution in [1.29, 1.82) is 0 Å². The Labute approximate surface area is 62.2 Å². The number of imidazole rings is 1. The lowest BCUT2D eigenvalue weighted by atomic mass is 10.6. The van der Waals surface area contributed by atoms with Gasteiger partial charge in [0.25, 0.3) is 0 Å². The van der Waals surface area contributed by atoms with Crippen molar-refractivity contribution in [1.82, 2.24) is 9.97 Å². The van der Waals surface area contributed by atoms with Crippen LogP contribution in [0.15, 0.2) is 6.33 Å². The average Bonchev–Trinajstić information content (AvgIpc) is 2.36. The largest absolute Gasteiger partial charge is 0.393 e. The quantitative estimate of drug-likeness (QED) is 0.666. The number of rotatable bonds is 0. The monoisotopic (exact) mass is 187 g/mol. The molecule has 0 unspecified atom stereocenters. The van der Waals surface area contributed by atoms with E-state index in [2.05, 4.69) is 9.97 Å². The second-order valence-corrected chi connectivity index (χ2v) is 6.61. The Bertz CT molecular complexity index is 357. The van der Waals surface area contributed by atoms with Crippen LogP contribution in [0.5, 0.6) is 0 Å². The van der Waals surface area contributed by atoms with Gasteiger partial charge in [-0.2, -0.15) is 0 Å². The number of hydrogen-bond acceptors (Lipinski definition) is 2. The highest BCUT2D eigenvalue weighted by Gasteiger charge is 1.98. The van der Waals surface area contributed by atoms with E-state index in [1.165, 1.54) is 23.3 Å². The zero-order valence-corrected chi connectivity index (χ0v) is 7.63. The Balaban J connectivity index is 2.95. The molecule has 0 aromatic carbocycles. The van der Waals surface area contributed by atoms with Gasteiger partial charge in [0.05, 0.1) is 17.3 Å². The van der Waals surface area contributed by atoms with Gasteiger partial charge in [0.15, 0.2) is 0 Å². The number of nitrogens with one attached hydrogen (secondary N) is 1. The van der Waals surface area contributed by atoms with Gasteiger partial charge in [-0.15, -0.1) is 0 Å². The SMILES string of the molecule is Nc1pppc2nc[nH]c12. The van der Waals surface area contributed by atoms with Crippen LogP contribution in [-0.4, -0.2) is 9.97 Å². The molecular weight excluding hydrogens is 183 g/mol. The topological polar surface area (TPSA) is 54.7 Å². The predicted molar refractivity (Wildman–Crippen MR) is 48.0 cm³/mol. The molecule has 0 saturated heterocycles. The van der Waals surface area contributed by atoms with Crippen LogP contribution < -0.4 is 5.73 Å². The average molecular weight is 187 g/mol. The van der Waals surface area contributed by atoms with Crippen molar-refractivity contribution in [3.63, 3.8) is 0 Å². The van der Waals surface area contributed by atoms with Gasteiger partial charge in [-0.1, -0.05) is 0 Å². The fourth-order valence-corrected chi connectivity index (χ4v) is 5.16. The van der Waals surface area contributed by atoms with Crippen LogP contribution in [0.25, 0.3) is 10.8 Å². The van der Waals surface area contributed by atoms with E-state index in [0.717, 1.165) is 16.2 Å². The van der Waals surface area contributed by atoms with Crippen LogP contribution in [0, 0.1) is 0 Å². The highest BCUT2D eigenvalue weighted by atomic mass is 32.1. The summed E-state index contributed by atoms with van der Waals surface area (Å²) in [5.41, 5.74) is 7.65. The molecule has 2 rings (SSSR count). The first kappa shape index (κ1) is 6.49. The maximum Gasteiger partial charge on any atom is 0.122 e. The number of H-pyrrole nitrogens is 1. The highest BCUT2D eigenvalue weighted by molar-refractivity contribution is 8.18. The van der Waals surface area contributed by atoms with Gasteiger partial charge < -0.3 is 10.7 Å². The summed E-state index contributed by atoms with van der Waals surface area (Å²) in [6.07, 6.45) is 1.70. The number of nitrogen functional groups attached to an aromatic ring is 1. The summed E-state index contributed by atoms with van der Waals surface area (Å²) in [4.78, 5) is 7.14. The first-order valence-electron chi connectivity index (χ1n) is 2.66.